The highest BCUT2D eigenvalue weighted by Crippen LogP contribution is 2.28. The second-order valence-corrected chi connectivity index (χ2v) is 5.51. The molecule has 100 valence electrons. The van der Waals surface area contributed by atoms with E-state index in [4.69, 9.17) is 9.47 Å². The van der Waals surface area contributed by atoms with Crippen LogP contribution in [0.3, 0.4) is 0 Å². The molecule has 1 heterocycles. The molecule has 1 N–H and O–H groups in total. The summed E-state index contributed by atoms with van der Waals surface area (Å²) >= 11 is 3.52. The Bertz CT molecular complexity index is 391. The van der Waals surface area contributed by atoms with Crippen molar-refractivity contribution in [3.63, 3.8) is 0 Å². The first-order valence-electron chi connectivity index (χ1n) is 6.39. The van der Waals surface area contributed by atoms with Gasteiger partial charge in [-0.3, -0.25) is 0 Å². The van der Waals surface area contributed by atoms with E-state index in [1.54, 1.807) is 7.11 Å². The third-order valence-electron chi connectivity index (χ3n) is 3.35. The Morgan fingerprint density at radius 3 is 3.00 bits per heavy atom. The zero-order chi connectivity index (χ0) is 13.0. The van der Waals surface area contributed by atoms with Gasteiger partial charge in [-0.1, -0.05) is 6.07 Å². The predicted molar refractivity (Wildman–Crippen MR) is 76.1 cm³/mol. The minimum Gasteiger partial charge on any atom is -0.496 e. The first-order valence-corrected chi connectivity index (χ1v) is 7.18. The summed E-state index contributed by atoms with van der Waals surface area (Å²) in [7, 11) is 1.68. The topological polar surface area (TPSA) is 30.5 Å². The van der Waals surface area contributed by atoms with Crippen LogP contribution >= 0.6 is 15.9 Å². The molecule has 0 aromatic heterocycles. The SMILES string of the molecule is COc1ccc(C(C)NCC2CCCO2)cc1Br. The summed E-state index contributed by atoms with van der Waals surface area (Å²) in [5.74, 6) is 0.866. The molecular weight excluding hydrogens is 294 g/mol. The van der Waals surface area contributed by atoms with Crippen LogP contribution in [-0.2, 0) is 4.74 Å². The second kappa shape index (κ2) is 6.55. The molecule has 1 aromatic rings. The second-order valence-electron chi connectivity index (χ2n) is 4.66. The van der Waals surface area contributed by atoms with Crippen molar-refractivity contribution in [1.82, 2.24) is 5.32 Å². The maximum Gasteiger partial charge on any atom is 0.133 e. The predicted octanol–water partition coefficient (Wildman–Crippen LogP) is 3.29. The Kier molecular flexibility index (Phi) is 5.03. The van der Waals surface area contributed by atoms with Crippen molar-refractivity contribution in [1.29, 1.82) is 0 Å². The average Bonchev–Trinajstić information content (AvgIpc) is 2.89. The fourth-order valence-electron chi connectivity index (χ4n) is 2.18. The molecule has 2 rings (SSSR count). The molecule has 0 amide bonds. The van der Waals surface area contributed by atoms with Gasteiger partial charge in [-0.2, -0.15) is 0 Å². The summed E-state index contributed by atoms with van der Waals surface area (Å²) in [6.45, 7) is 4.00. The van der Waals surface area contributed by atoms with Crippen LogP contribution in [0.2, 0.25) is 0 Å². The van der Waals surface area contributed by atoms with Gasteiger partial charge in [0, 0.05) is 19.2 Å². The van der Waals surface area contributed by atoms with Crippen molar-refractivity contribution < 1.29 is 9.47 Å². The van der Waals surface area contributed by atoms with E-state index in [-0.39, 0.29) is 0 Å². The zero-order valence-electron chi connectivity index (χ0n) is 10.9. The molecule has 2 unspecified atom stereocenters. The van der Waals surface area contributed by atoms with E-state index in [2.05, 4.69) is 40.3 Å². The lowest BCUT2D eigenvalue weighted by Crippen LogP contribution is -2.28. The minimum absolute atomic E-state index is 0.316. The van der Waals surface area contributed by atoms with Crippen LogP contribution in [-0.4, -0.2) is 26.4 Å². The first kappa shape index (κ1) is 13.8. The summed E-state index contributed by atoms with van der Waals surface area (Å²) in [6.07, 6.45) is 2.75. The lowest BCUT2D eigenvalue weighted by molar-refractivity contribution is 0.108. The number of halogens is 1. The molecule has 0 bridgehead atoms. The zero-order valence-corrected chi connectivity index (χ0v) is 12.5. The van der Waals surface area contributed by atoms with E-state index in [1.165, 1.54) is 18.4 Å². The maximum atomic E-state index is 5.61. The number of hydrogen-bond donors (Lipinski definition) is 1. The molecule has 3 nitrogen and oxygen atoms in total. The lowest BCUT2D eigenvalue weighted by Gasteiger charge is -2.18. The van der Waals surface area contributed by atoms with Gasteiger partial charge in [0.1, 0.15) is 5.75 Å². The highest BCUT2D eigenvalue weighted by molar-refractivity contribution is 9.10. The van der Waals surface area contributed by atoms with E-state index in [0.717, 1.165) is 23.4 Å². The van der Waals surface area contributed by atoms with Crippen molar-refractivity contribution in [3.8, 4) is 5.75 Å². The quantitative estimate of drug-likeness (QED) is 0.905. The van der Waals surface area contributed by atoms with Crippen LogP contribution in [0.4, 0.5) is 0 Å². The monoisotopic (exact) mass is 313 g/mol. The number of hydrogen-bond acceptors (Lipinski definition) is 3. The summed E-state index contributed by atoms with van der Waals surface area (Å²) in [6, 6.07) is 6.50. The molecule has 1 saturated heterocycles. The number of rotatable bonds is 5. The lowest BCUT2D eigenvalue weighted by atomic mass is 10.1. The smallest absolute Gasteiger partial charge is 0.133 e. The largest absolute Gasteiger partial charge is 0.496 e. The van der Waals surface area contributed by atoms with Crippen LogP contribution in [0.25, 0.3) is 0 Å². The third-order valence-corrected chi connectivity index (χ3v) is 3.97. The van der Waals surface area contributed by atoms with Gasteiger partial charge in [0.25, 0.3) is 0 Å². The normalized spacial score (nSPS) is 20.9. The highest BCUT2D eigenvalue weighted by Gasteiger charge is 2.16. The van der Waals surface area contributed by atoms with Crippen molar-refractivity contribution in [3.05, 3.63) is 28.2 Å². The first-order chi connectivity index (χ1) is 8.70. The van der Waals surface area contributed by atoms with Crippen LogP contribution in [0.5, 0.6) is 5.75 Å². The summed E-state index contributed by atoms with van der Waals surface area (Å²) < 4.78 is 11.8. The van der Waals surface area contributed by atoms with Gasteiger partial charge < -0.3 is 14.8 Å². The molecule has 2 atom stereocenters. The van der Waals surface area contributed by atoms with Gasteiger partial charge in [-0.05, 0) is 53.4 Å². The Hall–Kier alpha value is -0.580. The Morgan fingerprint density at radius 1 is 1.56 bits per heavy atom. The minimum atomic E-state index is 0.316. The molecule has 0 saturated carbocycles. The van der Waals surface area contributed by atoms with Gasteiger partial charge in [0.05, 0.1) is 17.7 Å². The van der Waals surface area contributed by atoms with E-state index >= 15 is 0 Å². The molecule has 1 aromatic carbocycles. The molecule has 1 fully saturated rings. The van der Waals surface area contributed by atoms with Crippen molar-refractivity contribution >= 4 is 15.9 Å². The van der Waals surface area contributed by atoms with E-state index in [9.17, 15) is 0 Å². The van der Waals surface area contributed by atoms with E-state index in [0.29, 0.717) is 12.1 Å². The Labute approximate surface area is 117 Å². The molecule has 18 heavy (non-hydrogen) atoms. The number of nitrogens with one attached hydrogen (secondary N) is 1. The number of benzene rings is 1. The van der Waals surface area contributed by atoms with Crippen molar-refractivity contribution in [2.75, 3.05) is 20.3 Å². The van der Waals surface area contributed by atoms with Gasteiger partial charge >= 0.3 is 0 Å². The maximum absolute atomic E-state index is 5.61. The highest BCUT2D eigenvalue weighted by atomic mass is 79.9. The molecule has 1 aliphatic heterocycles. The summed E-state index contributed by atoms with van der Waals surface area (Å²) in [4.78, 5) is 0. The van der Waals surface area contributed by atoms with Crippen molar-refractivity contribution in [2.24, 2.45) is 0 Å². The standard InChI is InChI=1S/C14H20BrNO2/c1-10(16-9-12-4-3-7-18-12)11-5-6-14(17-2)13(15)8-11/h5-6,8,10,12,16H,3-4,7,9H2,1-2H3. The van der Waals surface area contributed by atoms with Crippen LogP contribution in [0, 0.1) is 0 Å². The van der Waals surface area contributed by atoms with Crippen LogP contribution in [0.1, 0.15) is 31.4 Å². The summed E-state index contributed by atoms with van der Waals surface area (Å²) in [5, 5.41) is 3.52. The van der Waals surface area contributed by atoms with Gasteiger partial charge in [-0.15, -0.1) is 0 Å². The average molecular weight is 314 g/mol. The molecule has 0 radical (unpaired) electrons. The Morgan fingerprint density at radius 2 is 2.39 bits per heavy atom. The third kappa shape index (κ3) is 3.46. The number of ether oxygens (including phenoxy) is 2. The molecule has 0 spiro atoms. The van der Waals surface area contributed by atoms with Gasteiger partial charge in [-0.25, -0.2) is 0 Å². The van der Waals surface area contributed by atoms with E-state index in [1.807, 2.05) is 6.07 Å². The van der Waals surface area contributed by atoms with Crippen LogP contribution in [0.15, 0.2) is 22.7 Å². The van der Waals surface area contributed by atoms with Crippen LogP contribution < -0.4 is 10.1 Å². The Balaban J connectivity index is 1.91. The molecule has 4 heteroatoms. The number of methoxy groups -OCH3 is 1. The fraction of sp³-hybridized carbons (Fsp3) is 0.571. The van der Waals surface area contributed by atoms with Gasteiger partial charge in [0.2, 0.25) is 0 Å². The molecule has 0 aliphatic carbocycles. The summed E-state index contributed by atoms with van der Waals surface area (Å²) in [5.41, 5.74) is 1.25. The fourth-order valence-corrected chi connectivity index (χ4v) is 2.74. The van der Waals surface area contributed by atoms with E-state index < -0.39 is 0 Å². The molecule has 1 aliphatic rings. The van der Waals surface area contributed by atoms with Crippen molar-refractivity contribution in [2.45, 2.75) is 31.9 Å². The van der Waals surface area contributed by atoms with Gasteiger partial charge in [0.15, 0.2) is 0 Å². The molecular formula is C14H20BrNO2.